The molecule has 1 atom stereocenters. The molecule has 5 N–H and O–H groups in total. The van der Waals surface area contributed by atoms with Crippen LogP contribution in [0, 0.1) is 19.8 Å². The lowest BCUT2D eigenvalue weighted by Crippen LogP contribution is -2.55. The molecule has 0 saturated heterocycles. The molecule has 4 amide bonds. The van der Waals surface area contributed by atoms with Crippen LogP contribution >= 0.6 is 0 Å². The van der Waals surface area contributed by atoms with Gasteiger partial charge in [-0.15, -0.1) is 0 Å². The number of urea groups is 1. The number of primary amides is 1. The number of nitrogens with two attached hydrogens (primary N) is 1. The molecule has 0 saturated carbocycles. The minimum absolute atomic E-state index is 0.188. The molecule has 116 valence electrons. The number of carbonyl (C=O) groups excluding carboxylic acids is 3. The maximum absolute atomic E-state index is 11.9. The highest BCUT2D eigenvalue weighted by Crippen LogP contribution is 2.12. The summed E-state index contributed by atoms with van der Waals surface area (Å²) in [5, 5.41) is 2.32. The average Bonchev–Trinajstić information content (AvgIpc) is 2.71. The molecule has 0 aromatic carbocycles. The van der Waals surface area contributed by atoms with E-state index < -0.39 is 23.9 Å². The van der Waals surface area contributed by atoms with Gasteiger partial charge in [0.15, 0.2) is 0 Å². The molecule has 0 radical (unpaired) electrons. The van der Waals surface area contributed by atoms with Crippen molar-refractivity contribution in [2.45, 2.75) is 33.7 Å². The summed E-state index contributed by atoms with van der Waals surface area (Å²) in [6, 6.07) is -0.0789. The molecule has 1 rings (SSSR count). The zero-order chi connectivity index (χ0) is 16.2. The lowest BCUT2D eigenvalue weighted by atomic mass is 10.0. The number of carbonyl (C=O) groups is 3. The van der Waals surface area contributed by atoms with E-state index in [9.17, 15) is 14.4 Å². The van der Waals surface area contributed by atoms with E-state index in [-0.39, 0.29) is 5.92 Å². The Morgan fingerprint density at radius 1 is 1.19 bits per heavy atom. The van der Waals surface area contributed by atoms with Crippen molar-refractivity contribution in [2.75, 3.05) is 0 Å². The standard InChI is InChI=1S/C13H20N4O4/c1-6(2)10(15-13(14)20)12(19)17-16-11(18)9-5-7(3)21-8(9)4/h5-6,10H,1-4H3,(H,16,18)(H,17,19)(H3,14,15,20). The zero-order valence-electron chi connectivity index (χ0n) is 12.4. The number of amides is 4. The first-order chi connectivity index (χ1) is 9.72. The number of hydrazine groups is 1. The van der Waals surface area contributed by atoms with E-state index in [1.54, 1.807) is 33.8 Å². The molecule has 21 heavy (non-hydrogen) atoms. The molecular formula is C13H20N4O4. The summed E-state index contributed by atoms with van der Waals surface area (Å²) in [4.78, 5) is 34.7. The van der Waals surface area contributed by atoms with E-state index in [1.807, 2.05) is 0 Å². The third kappa shape index (κ3) is 4.51. The van der Waals surface area contributed by atoms with Crippen LogP contribution in [-0.4, -0.2) is 23.9 Å². The number of furan rings is 1. The van der Waals surface area contributed by atoms with Crippen LogP contribution in [0.15, 0.2) is 10.5 Å². The van der Waals surface area contributed by atoms with Crippen molar-refractivity contribution in [1.29, 1.82) is 0 Å². The van der Waals surface area contributed by atoms with Crippen molar-refractivity contribution in [3.63, 3.8) is 0 Å². The summed E-state index contributed by atoms with van der Waals surface area (Å²) in [5.41, 5.74) is 9.86. The molecule has 0 spiro atoms. The number of nitrogens with one attached hydrogen (secondary N) is 3. The highest BCUT2D eigenvalue weighted by atomic mass is 16.3. The summed E-state index contributed by atoms with van der Waals surface area (Å²) in [6.45, 7) is 6.85. The van der Waals surface area contributed by atoms with Gasteiger partial charge in [0, 0.05) is 0 Å². The van der Waals surface area contributed by atoms with E-state index in [2.05, 4.69) is 16.2 Å². The highest BCUT2D eigenvalue weighted by Gasteiger charge is 2.24. The van der Waals surface area contributed by atoms with Crippen LogP contribution in [0.5, 0.6) is 0 Å². The third-order valence-electron chi connectivity index (χ3n) is 2.83. The topological polar surface area (TPSA) is 126 Å². The quantitative estimate of drug-likeness (QED) is 0.598. The predicted molar refractivity (Wildman–Crippen MR) is 75.1 cm³/mol. The van der Waals surface area contributed by atoms with Gasteiger partial charge in [-0.3, -0.25) is 20.4 Å². The molecule has 1 unspecified atom stereocenters. The molecule has 1 aromatic rings. The minimum Gasteiger partial charge on any atom is -0.466 e. The van der Waals surface area contributed by atoms with E-state index >= 15 is 0 Å². The Labute approximate surface area is 122 Å². The van der Waals surface area contributed by atoms with Crippen LogP contribution in [0.1, 0.15) is 35.7 Å². The SMILES string of the molecule is Cc1cc(C(=O)NNC(=O)C(NC(N)=O)C(C)C)c(C)o1. The van der Waals surface area contributed by atoms with Crippen LogP contribution in [0.3, 0.4) is 0 Å². The normalized spacial score (nSPS) is 11.9. The summed E-state index contributed by atoms with van der Waals surface area (Å²) in [5.74, 6) is -0.198. The molecule has 0 aliphatic heterocycles. The lowest BCUT2D eigenvalue weighted by Gasteiger charge is -2.20. The van der Waals surface area contributed by atoms with Gasteiger partial charge in [-0.1, -0.05) is 13.8 Å². The van der Waals surface area contributed by atoms with Crippen LogP contribution in [-0.2, 0) is 4.79 Å². The molecule has 0 aliphatic rings. The first-order valence-corrected chi connectivity index (χ1v) is 6.45. The number of aryl methyl sites for hydroxylation is 2. The first kappa shape index (κ1) is 16.5. The summed E-state index contributed by atoms with van der Waals surface area (Å²) < 4.78 is 5.23. The largest absolute Gasteiger partial charge is 0.466 e. The fourth-order valence-corrected chi connectivity index (χ4v) is 1.81. The van der Waals surface area contributed by atoms with Gasteiger partial charge in [0.05, 0.1) is 5.56 Å². The molecule has 1 aromatic heterocycles. The Morgan fingerprint density at radius 2 is 1.81 bits per heavy atom. The average molecular weight is 296 g/mol. The number of rotatable bonds is 4. The van der Waals surface area contributed by atoms with Gasteiger partial charge in [0.25, 0.3) is 11.8 Å². The summed E-state index contributed by atoms with van der Waals surface area (Å²) in [7, 11) is 0. The van der Waals surface area contributed by atoms with Gasteiger partial charge in [-0.2, -0.15) is 0 Å². The van der Waals surface area contributed by atoms with Crippen LogP contribution in [0.2, 0.25) is 0 Å². The molecule has 0 fully saturated rings. The van der Waals surface area contributed by atoms with E-state index in [0.717, 1.165) is 0 Å². The maximum Gasteiger partial charge on any atom is 0.312 e. The van der Waals surface area contributed by atoms with Gasteiger partial charge in [0.2, 0.25) is 0 Å². The molecule has 0 aliphatic carbocycles. The monoisotopic (exact) mass is 296 g/mol. The Kier molecular flexibility index (Phi) is 5.34. The van der Waals surface area contributed by atoms with E-state index in [0.29, 0.717) is 17.1 Å². The van der Waals surface area contributed by atoms with Crippen molar-refractivity contribution in [3.8, 4) is 0 Å². The van der Waals surface area contributed by atoms with Crippen LogP contribution in [0.25, 0.3) is 0 Å². The zero-order valence-corrected chi connectivity index (χ0v) is 12.4. The highest BCUT2D eigenvalue weighted by molar-refractivity contribution is 5.97. The molecule has 0 bridgehead atoms. The van der Waals surface area contributed by atoms with Crippen molar-refractivity contribution in [2.24, 2.45) is 11.7 Å². The Balaban J connectivity index is 2.64. The van der Waals surface area contributed by atoms with Gasteiger partial charge in [-0.05, 0) is 25.8 Å². The molecule has 8 heteroatoms. The maximum atomic E-state index is 11.9. The smallest absolute Gasteiger partial charge is 0.312 e. The van der Waals surface area contributed by atoms with E-state index in [1.165, 1.54) is 0 Å². The Hall–Kier alpha value is -2.51. The molecular weight excluding hydrogens is 276 g/mol. The second kappa shape index (κ2) is 6.78. The lowest BCUT2D eigenvalue weighted by molar-refractivity contribution is -0.124. The van der Waals surface area contributed by atoms with Gasteiger partial charge in [0.1, 0.15) is 17.6 Å². The fraction of sp³-hybridized carbons (Fsp3) is 0.462. The van der Waals surface area contributed by atoms with Gasteiger partial charge < -0.3 is 15.5 Å². The van der Waals surface area contributed by atoms with Crippen molar-refractivity contribution in [3.05, 3.63) is 23.2 Å². The number of hydrogen-bond donors (Lipinski definition) is 4. The second-order valence-electron chi connectivity index (χ2n) is 5.00. The fourth-order valence-electron chi connectivity index (χ4n) is 1.81. The summed E-state index contributed by atoms with van der Waals surface area (Å²) >= 11 is 0. The second-order valence-corrected chi connectivity index (χ2v) is 5.00. The summed E-state index contributed by atoms with van der Waals surface area (Å²) in [6.07, 6.45) is 0. The third-order valence-corrected chi connectivity index (χ3v) is 2.83. The van der Waals surface area contributed by atoms with Crippen LogP contribution < -0.4 is 21.9 Å². The van der Waals surface area contributed by atoms with E-state index in [4.69, 9.17) is 10.2 Å². The Morgan fingerprint density at radius 3 is 2.24 bits per heavy atom. The van der Waals surface area contributed by atoms with Crippen molar-refractivity contribution in [1.82, 2.24) is 16.2 Å². The van der Waals surface area contributed by atoms with Crippen molar-refractivity contribution < 1.29 is 18.8 Å². The van der Waals surface area contributed by atoms with Gasteiger partial charge >= 0.3 is 6.03 Å². The van der Waals surface area contributed by atoms with Gasteiger partial charge in [-0.25, -0.2) is 4.79 Å². The number of hydrogen-bond acceptors (Lipinski definition) is 4. The molecule has 8 nitrogen and oxygen atoms in total. The van der Waals surface area contributed by atoms with Crippen LogP contribution in [0.4, 0.5) is 4.79 Å². The first-order valence-electron chi connectivity index (χ1n) is 6.45. The Bertz CT molecular complexity index is 550. The molecule has 1 heterocycles. The van der Waals surface area contributed by atoms with Crippen molar-refractivity contribution >= 4 is 17.8 Å². The predicted octanol–water partition coefficient (Wildman–Crippen LogP) is 0.350. The minimum atomic E-state index is -0.838.